The Labute approximate surface area is 539 Å². The quantitative estimate of drug-likeness (QED) is 0.0200. The van der Waals surface area contributed by atoms with Gasteiger partial charge < -0.3 is 89.9 Å². The number of carbonyl (C=O) groups is 1. The third-order valence-corrected chi connectivity index (χ3v) is 16.6. The van der Waals surface area contributed by atoms with Crippen LogP contribution in [0.4, 0.5) is 0 Å². The molecule has 0 radical (unpaired) electrons. The molecule has 3 saturated heterocycles. The number of hydrogen-bond acceptors (Lipinski definition) is 18. The van der Waals surface area contributed by atoms with Crippen LogP contribution < -0.4 is 5.32 Å². The normalized spacial score (nSPS) is 28.7. The average molecular weight is 1280 g/mol. The highest BCUT2D eigenvalue weighted by molar-refractivity contribution is 5.76. The summed E-state index contributed by atoms with van der Waals surface area (Å²) in [5.74, 6) is -0.284. The Bertz CT molecular complexity index is 2010. The van der Waals surface area contributed by atoms with E-state index >= 15 is 0 Å². The van der Waals surface area contributed by atoms with Gasteiger partial charge in [0.15, 0.2) is 18.9 Å². The van der Waals surface area contributed by atoms with Crippen molar-refractivity contribution in [2.45, 2.75) is 317 Å². The third-order valence-electron chi connectivity index (χ3n) is 16.6. The van der Waals surface area contributed by atoms with Crippen molar-refractivity contribution in [1.29, 1.82) is 0 Å². The number of carbonyl (C=O) groups excluding carboxylic acids is 1. The second-order valence-electron chi connectivity index (χ2n) is 24.3. The largest absolute Gasteiger partial charge is 0.394 e. The van der Waals surface area contributed by atoms with Crippen LogP contribution in [0.25, 0.3) is 0 Å². The van der Waals surface area contributed by atoms with E-state index in [0.717, 1.165) is 96.3 Å². The summed E-state index contributed by atoms with van der Waals surface area (Å²) < 4.78 is 34.1. The molecule has 3 aliphatic rings. The van der Waals surface area contributed by atoms with E-state index in [1.54, 1.807) is 6.08 Å². The van der Waals surface area contributed by atoms with Crippen LogP contribution in [0.3, 0.4) is 0 Å². The fourth-order valence-electron chi connectivity index (χ4n) is 11.1. The molecule has 12 N–H and O–H groups in total. The number of allylic oxidation sites excluding steroid dienone is 15. The molecular formula is C71H121NO18. The Kier molecular flexibility index (Phi) is 46.8. The van der Waals surface area contributed by atoms with Gasteiger partial charge in [-0.15, -0.1) is 0 Å². The average Bonchev–Trinajstić information content (AvgIpc) is 1.11. The van der Waals surface area contributed by atoms with Crippen molar-refractivity contribution in [3.8, 4) is 0 Å². The molecule has 1 amide bonds. The zero-order valence-electron chi connectivity index (χ0n) is 54.6. The summed E-state index contributed by atoms with van der Waals surface area (Å²) in [5.41, 5.74) is 0. The van der Waals surface area contributed by atoms with Crippen LogP contribution >= 0.6 is 0 Å². The first-order valence-corrected chi connectivity index (χ1v) is 34.5. The van der Waals surface area contributed by atoms with E-state index in [1.165, 1.54) is 89.9 Å². The van der Waals surface area contributed by atoms with Crippen LogP contribution in [-0.2, 0) is 33.2 Å². The molecule has 518 valence electrons. The van der Waals surface area contributed by atoms with E-state index < -0.39 is 124 Å². The van der Waals surface area contributed by atoms with Gasteiger partial charge in [0, 0.05) is 6.42 Å². The van der Waals surface area contributed by atoms with Gasteiger partial charge in [-0.3, -0.25) is 4.79 Å². The minimum atomic E-state index is -1.98. The molecule has 3 heterocycles. The second kappa shape index (κ2) is 52.0. The van der Waals surface area contributed by atoms with Crippen molar-refractivity contribution in [2.75, 3.05) is 26.4 Å². The minimum absolute atomic E-state index is 0.239. The summed E-state index contributed by atoms with van der Waals surface area (Å²) in [6, 6.07) is -0.973. The van der Waals surface area contributed by atoms with Gasteiger partial charge in [-0.1, -0.05) is 227 Å². The minimum Gasteiger partial charge on any atom is -0.394 e. The van der Waals surface area contributed by atoms with Gasteiger partial charge in [0.2, 0.25) is 5.91 Å². The number of nitrogens with one attached hydrogen (secondary N) is 1. The lowest BCUT2D eigenvalue weighted by Gasteiger charge is -2.48. The number of aliphatic hydroxyl groups is 11. The predicted molar refractivity (Wildman–Crippen MR) is 351 cm³/mol. The zero-order chi connectivity index (χ0) is 65.4. The first-order chi connectivity index (χ1) is 43.8. The van der Waals surface area contributed by atoms with Crippen molar-refractivity contribution in [1.82, 2.24) is 5.32 Å². The molecule has 19 heteroatoms. The monoisotopic (exact) mass is 1280 g/mol. The van der Waals surface area contributed by atoms with Crippen molar-refractivity contribution < 1.29 is 89.4 Å². The Morgan fingerprint density at radius 2 is 0.767 bits per heavy atom. The van der Waals surface area contributed by atoms with E-state index in [2.05, 4.69) is 104 Å². The molecule has 0 aliphatic carbocycles. The highest BCUT2D eigenvalue weighted by Crippen LogP contribution is 2.33. The standard InChI is InChI=1S/C71H121NO18/c1-3-5-7-9-11-12-13-14-15-16-17-18-19-20-21-22-23-24-25-26-27-28-29-30-31-32-33-34-35-36-37-38-39-40-41-42-43-45-47-49-59(77)72-54(55(76)48-46-44-10-8-6-4-2)53-85-69-65(83)62(80)67(57(51-74)87-69)90-71-66(84)63(81)68(58(52-75)88-71)89-70-64(82)61(79)60(78)56(50-73)86-70/h5,7,11-12,14-15,17-18,20-21,23-24,26-27,46,48,54-58,60-71,73-76,78-84H,3-4,6,8-10,13,16,19,22,25,28-45,47,49-53H2,1-2H3,(H,72,77)/b7-5-,12-11-,15-14-,18-17-,21-20-,24-23-,27-26-,48-46+. The van der Waals surface area contributed by atoms with Gasteiger partial charge in [-0.25, -0.2) is 0 Å². The predicted octanol–water partition coefficient (Wildman–Crippen LogP) is 8.88. The molecule has 0 spiro atoms. The van der Waals surface area contributed by atoms with Gasteiger partial charge in [-0.2, -0.15) is 0 Å². The number of amides is 1. The second-order valence-corrected chi connectivity index (χ2v) is 24.3. The van der Waals surface area contributed by atoms with Gasteiger partial charge in [0.25, 0.3) is 0 Å². The van der Waals surface area contributed by atoms with Crippen molar-refractivity contribution in [3.05, 3.63) is 97.2 Å². The topological polar surface area (TPSA) is 307 Å². The molecule has 0 aromatic carbocycles. The maximum Gasteiger partial charge on any atom is 0.220 e. The summed E-state index contributed by atoms with van der Waals surface area (Å²) in [5, 5.41) is 120. The molecule has 0 aromatic heterocycles. The molecule has 17 unspecified atom stereocenters. The zero-order valence-corrected chi connectivity index (χ0v) is 54.6. The van der Waals surface area contributed by atoms with E-state index in [4.69, 9.17) is 28.4 Å². The van der Waals surface area contributed by atoms with Crippen molar-refractivity contribution >= 4 is 5.91 Å². The van der Waals surface area contributed by atoms with Crippen LogP contribution in [0.15, 0.2) is 97.2 Å². The van der Waals surface area contributed by atoms with Crippen molar-refractivity contribution in [3.63, 3.8) is 0 Å². The number of ether oxygens (including phenoxy) is 6. The van der Waals surface area contributed by atoms with Gasteiger partial charge in [0.05, 0.1) is 38.6 Å². The first-order valence-electron chi connectivity index (χ1n) is 34.5. The summed E-state index contributed by atoms with van der Waals surface area (Å²) in [6.45, 7) is 1.50. The van der Waals surface area contributed by atoms with E-state index in [9.17, 15) is 61.0 Å². The summed E-state index contributed by atoms with van der Waals surface area (Å²) in [6.07, 6.45) is 41.9. The molecule has 0 aromatic rings. The van der Waals surface area contributed by atoms with E-state index in [1.807, 2.05) is 6.08 Å². The molecular weight excluding hydrogens is 1150 g/mol. The number of hydrogen-bond donors (Lipinski definition) is 12. The lowest BCUT2D eigenvalue weighted by atomic mass is 9.96. The first kappa shape index (κ1) is 80.9. The molecule has 90 heavy (non-hydrogen) atoms. The van der Waals surface area contributed by atoms with Crippen molar-refractivity contribution in [2.24, 2.45) is 0 Å². The number of aliphatic hydroxyl groups excluding tert-OH is 11. The smallest absolute Gasteiger partial charge is 0.220 e. The van der Waals surface area contributed by atoms with E-state index in [0.29, 0.717) is 6.42 Å². The summed E-state index contributed by atoms with van der Waals surface area (Å²) in [7, 11) is 0. The fraction of sp³-hybridized carbons (Fsp3) is 0.761. The molecule has 3 fully saturated rings. The Morgan fingerprint density at radius 3 is 1.20 bits per heavy atom. The SMILES string of the molecule is CC/C=C\C/C=C\C/C=C\C/C=C\C/C=C\C/C=C\C/C=C\CCCCCCCCCCCCCCCCCCCC(=O)NC(COC1OC(CO)C(OC2OC(CO)C(OC3OC(CO)C(O)C(O)C3O)C(O)C2O)C(O)C1O)C(O)/C=C/CCCCCC. The maximum atomic E-state index is 13.3. The lowest BCUT2D eigenvalue weighted by molar-refractivity contribution is -0.379. The molecule has 17 atom stereocenters. The number of unbranched alkanes of at least 4 members (excludes halogenated alkanes) is 21. The van der Waals surface area contributed by atoms with Crippen LogP contribution in [0, 0.1) is 0 Å². The van der Waals surface area contributed by atoms with Crippen LogP contribution in [0.2, 0.25) is 0 Å². The maximum absolute atomic E-state index is 13.3. The van der Waals surface area contributed by atoms with Gasteiger partial charge in [0.1, 0.15) is 73.2 Å². The Hall–Kier alpha value is -3.29. The summed E-state index contributed by atoms with van der Waals surface area (Å²) >= 11 is 0. The Balaban J connectivity index is 1.25. The van der Waals surface area contributed by atoms with Gasteiger partial charge in [-0.05, 0) is 77.0 Å². The van der Waals surface area contributed by atoms with Crippen LogP contribution in [0.5, 0.6) is 0 Å². The Morgan fingerprint density at radius 1 is 0.411 bits per heavy atom. The number of rotatable bonds is 51. The molecule has 19 nitrogen and oxygen atoms in total. The summed E-state index contributed by atoms with van der Waals surface area (Å²) in [4.78, 5) is 13.3. The van der Waals surface area contributed by atoms with E-state index in [-0.39, 0.29) is 18.9 Å². The highest BCUT2D eigenvalue weighted by atomic mass is 16.8. The fourth-order valence-corrected chi connectivity index (χ4v) is 11.1. The highest BCUT2D eigenvalue weighted by Gasteiger charge is 2.53. The lowest BCUT2D eigenvalue weighted by Crippen LogP contribution is -2.66. The van der Waals surface area contributed by atoms with Crippen LogP contribution in [0.1, 0.15) is 213 Å². The molecule has 0 bridgehead atoms. The van der Waals surface area contributed by atoms with Crippen LogP contribution in [-0.4, -0.2) is 193 Å². The molecule has 3 rings (SSSR count). The molecule has 0 saturated carbocycles. The van der Waals surface area contributed by atoms with Gasteiger partial charge >= 0.3 is 0 Å². The third kappa shape index (κ3) is 33.7. The molecule has 3 aliphatic heterocycles.